The van der Waals surface area contributed by atoms with E-state index in [1.165, 1.54) is 33.2 Å². The minimum absolute atomic E-state index is 0.102. The maximum absolute atomic E-state index is 13.3. The summed E-state index contributed by atoms with van der Waals surface area (Å²) in [6.07, 6.45) is 1.43. The van der Waals surface area contributed by atoms with Gasteiger partial charge in [-0.15, -0.1) is 0 Å². The number of ether oxygens (including phenoxy) is 1. The third-order valence-corrected chi connectivity index (χ3v) is 5.51. The van der Waals surface area contributed by atoms with Gasteiger partial charge in [-0.3, -0.25) is 14.4 Å². The molecule has 2 heterocycles. The fourth-order valence-corrected chi connectivity index (χ4v) is 3.82. The van der Waals surface area contributed by atoms with Gasteiger partial charge in [0.15, 0.2) is 23.0 Å². The highest BCUT2D eigenvalue weighted by Crippen LogP contribution is 2.36. The van der Waals surface area contributed by atoms with E-state index in [9.17, 15) is 14.4 Å². The Morgan fingerprint density at radius 2 is 1.75 bits per heavy atom. The number of aromatic amines is 1. The number of hydrogen-bond acceptors (Lipinski definition) is 6. The van der Waals surface area contributed by atoms with Gasteiger partial charge in [0.1, 0.15) is 11.3 Å². The van der Waals surface area contributed by atoms with Crippen molar-refractivity contribution in [2.45, 2.75) is 19.4 Å². The topological polar surface area (TPSA) is 101 Å². The average molecular weight is 430 g/mol. The molecule has 0 fully saturated rings. The van der Waals surface area contributed by atoms with Crippen molar-refractivity contribution in [2.24, 2.45) is 0 Å². The third-order valence-electron chi connectivity index (χ3n) is 5.51. The maximum Gasteiger partial charge on any atom is 0.254 e. The summed E-state index contributed by atoms with van der Waals surface area (Å²) in [5.74, 6) is 0.262. The number of carbonyl (C=O) groups is 2. The third kappa shape index (κ3) is 3.58. The Morgan fingerprint density at radius 3 is 2.38 bits per heavy atom. The second kappa shape index (κ2) is 8.19. The number of carbonyl (C=O) groups excluding carboxylic acids is 2. The molecule has 32 heavy (non-hydrogen) atoms. The van der Waals surface area contributed by atoms with Crippen molar-refractivity contribution < 1.29 is 18.7 Å². The van der Waals surface area contributed by atoms with Crippen LogP contribution in [0.1, 0.15) is 35.3 Å². The van der Waals surface area contributed by atoms with Crippen LogP contribution >= 0.6 is 0 Å². The summed E-state index contributed by atoms with van der Waals surface area (Å²) in [6, 6.07) is 17.3. The van der Waals surface area contributed by atoms with Gasteiger partial charge in [0.05, 0.1) is 12.7 Å². The normalized spacial score (nSPS) is 12.8. The Balaban J connectivity index is 1.98. The second-order valence-electron chi connectivity index (χ2n) is 7.50. The monoisotopic (exact) mass is 430 g/mol. The molecule has 2 aromatic heterocycles. The van der Waals surface area contributed by atoms with Gasteiger partial charge >= 0.3 is 0 Å². The highest BCUT2D eigenvalue weighted by atomic mass is 16.5. The van der Waals surface area contributed by atoms with Gasteiger partial charge in [0.2, 0.25) is 0 Å². The van der Waals surface area contributed by atoms with E-state index < -0.39 is 11.1 Å². The van der Waals surface area contributed by atoms with Crippen molar-refractivity contribution in [2.75, 3.05) is 12.4 Å². The molecule has 1 unspecified atom stereocenters. The van der Waals surface area contributed by atoms with Crippen molar-refractivity contribution in [3.8, 4) is 5.75 Å². The first kappa shape index (κ1) is 21.1. The number of pyridine rings is 1. The van der Waals surface area contributed by atoms with E-state index in [-0.39, 0.29) is 17.1 Å². The summed E-state index contributed by atoms with van der Waals surface area (Å²) in [5, 5.41) is 4.02. The molecule has 162 valence electrons. The number of ketones is 2. The first-order valence-electron chi connectivity index (χ1n) is 10.0. The highest BCUT2D eigenvalue weighted by Gasteiger charge is 2.43. The zero-order valence-electron chi connectivity index (χ0n) is 17.9. The number of anilines is 1. The number of fused-ring (bicyclic) bond motifs is 1. The van der Waals surface area contributed by atoms with E-state index in [2.05, 4.69) is 10.3 Å². The molecule has 0 aliphatic rings. The molecule has 7 nitrogen and oxygen atoms in total. The minimum Gasteiger partial charge on any atom is -0.495 e. The van der Waals surface area contributed by atoms with Crippen molar-refractivity contribution in [1.82, 2.24) is 4.98 Å². The number of hydrogen-bond donors (Lipinski definition) is 2. The lowest BCUT2D eigenvalue weighted by molar-refractivity contribution is -0.120. The minimum atomic E-state index is -1.59. The summed E-state index contributed by atoms with van der Waals surface area (Å²) < 4.78 is 11.2. The number of rotatable bonds is 7. The molecule has 0 saturated carbocycles. The smallest absolute Gasteiger partial charge is 0.254 e. The Morgan fingerprint density at radius 1 is 1.03 bits per heavy atom. The van der Waals surface area contributed by atoms with Gasteiger partial charge in [-0.25, -0.2) is 0 Å². The number of furan rings is 1. The summed E-state index contributed by atoms with van der Waals surface area (Å²) in [4.78, 5) is 40.7. The van der Waals surface area contributed by atoms with Gasteiger partial charge in [-0.05, 0) is 31.5 Å². The van der Waals surface area contributed by atoms with Crippen molar-refractivity contribution in [3.05, 3.63) is 93.9 Å². The van der Waals surface area contributed by atoms with E-state index in [0.29, 0.717) is 28.3 Å². The van der Waals surface area contributed by atoms with E-state index in [1.807, 2.05) is 24.3 Å². The molecular weight excluding hydrogens is 408 g/mol. The largest absolute Gasteiger partial charge is 0.495 e. The molecule has 0 amide bonds. The quantitative estimate of drug-likeness (QED) is 0.425. The lowest BCUT2D eigenvalue weighted by atomic mass is 9.79. The van der Waals surface area contributed by atoms with Gasteiger partial charge in [0, 0.05) is 23.2 Å². The van der Waals surface area contributed by atoms with Crippen LogP contribution in [-0.2, 0) is 10.3 Å². The molecular formula is C25H22N2O5. The standard InChI is InChI=1S/C25H22N2O5/c1-15(28)17-8-10-19(11-9-17)25(16(2)29,21-13-20(31-3)14-26-24(21)30)27-23-12-18-6-4-5-7-22(18)32-23/h4-14,27H,1-3H3,(H,26,30). The van der Waals surface area contributed by atoms with Crippen molar-refractivity contribution in [3.63, 3.8) is 0 Å². The average Bonchev–Trinajstić information content (AvgIpc) is 3.20. The number of benzene rings is 2. The first-order chi connectivity index (χ1) is 15.3. The second-order valence-corrected chi connectivity index (χ2v) is 7.50. The van der Waals surface area contributed by atoms with Crippen LogP contribution in [0.5, 0.6) is 5.75 Å². The lowest BCUT2D eigenvalue weighted by Gasteiger charge is -2.33. The molecule has 7 heteroatoms. The molecule has 4 rings (SSSR count). The highest BCUT2D eigenvalue weighted by molar-refractivity contribution is 5.96. The number of Topliss-reactive ketones (excluding diaryl/α,β-unsaturated/α-hetero) is 2. The van der Waals surface area contributed by atoms with Crippen LogP contribution in [-0.4, -0.2) is 23.7 Å². The Hall–Kier alpha value is -4.13. The number of methoxy groups -OCH3 is 1. The van der Waals surface area contributed by atoms with Gasteiger partial charge in [0.25, 0.3) is 5.56 Å². The Kier molecular flexibility index (Phi) is 5.40. The Labute approximate surface area is 184 Å². The molecule has 4 aromatic rings. The molecule has 2 aromatic carbocycles. The lowest BCUT2D eigenvalue weighted by Crippen LogP contribution is -2.47. The van der Waals surface area contributed by atoms with E-state index in [1.54, 1.807) is 30.3 Å². The van der Waals surface area contributed by atoms with Gasteiger partial charge in [-0.2, -0.15) is 0 Å². The zero-order chi connectivity index (χ0) is 22.9. The van der Waals surface area contributed by atoms with Gasteiger partial charge in [-0.1, -0.05) is 42.5 Å². The number of para-hydroxylation sites is 1. The zero-order valence-corrected chi connectivity index (χ0v) is 17.9. The van der Waals surface area contributed by atoms with Crippen LogP contribution in [0.2, 0.25) is 0 Å². The maximum atomic E-state index is 13.3. The number of H-pyrrole nitrogens is 1. The molecule has 0 saturated heterocycles. The van der Waals surface area contributed by atoms with Crippen molar-refractivity contribution in [1.29, 1.82) is 0 Å². The van der Waals surface area contributed by atoms with Crippen LogP contribution in [0.4, 0.5) is 5.88 Å². The molecule has 0 spiro atoms. The molecule has 2 N–H and O–H groups in total. The molecule has 0 aliphatic carbocycles. The van der Waals surface area contributed by atoms with E-state index in [0.717, 1.165) is 5.39 Å². The summed E-state index contributed by atoms with van der Waals surface area (Å²) in [5.41, 5.74) is -0.297. The predicted octanol–water partition coefficient (Wildman–Crippen LogP) is 4.28. The molecule has 1 atom stereocenters. The number of nitrogens with one attached hydrogen (secondary N) is 2. The number of aromatic nitrogens is 1. The van der Waals surface area contributed by atoms with Crippen LogP contribution < -0.4 is 15.6 Å². The fourth-order valence-electron chi connectivity index (χ4n) is 3.82. The summed E-state index contributed by atoms with van der Waals surface area (Å²) >= 11 is 0. The van der Waals surface area contributed by atoms with Gasteiger partial charge < -0.3 is 19.5 Å². The summed E-state index contributed by atoms with van der Waals surface area (Å²) in [7, 11) is 1.47. The van der Waals surface area contributed by atoms with E-state index in [4.69, 9.17) is 9.15 Å². The molecule has 0 aliphatic heterocycles. The molecule has 0 radical (unpaired) electrons. The van der Waals surface area contributed by atoms with Crippen LogP contribution in [0.15, 0.2) is 76.1 Å². The Bertz CT molecular complexity index is 1330. The van der Waals surface area contributed by atoms with E-state index >= 15 is 0 Å². The van der Waals surface area contributed by atoms with Crippen LogP contribution in [0.25, 0.3) is 11.0 Å². The predicted molar refractivity (Wildman–Crippen MR) is 121 cm³/mol. The molecule has 0 bridgehead atoms. The van der Waals surface area contributed by atoms with Crippen molar-refractivity contribution >= 4 is 28.4 Å². The SMILES string of the molecule is COc1c[nH]c(=O)c(C(Nc2cc3ccccc3o2)(C(C)=O)c2ccc(C(C)=O)cc2)c1. The summed E-state index contributed by atoms with van der Waals surface area (Å²) in [6.45, 7) is 2.86. The van der Waals surface area contributed by atoms with Crippen LogP contribution in [0, 0.1) is 0 Å². The first-order valence-corrected chi connectivity index (χ1v) is 10.0. The van der Waals surface area contributed by atoms with Crippen LogP contribution in [0.3, 0.4) is 0 Å². The fraction of sp³-hybridized carbons (Fsp3) is 0.160.